The molecule has 0 aliphatic heterocycles. The lowest BCUT2D eigenvalue weighted by Gasteiger charge is -2.12. The van der Waals surface area contributed by atoms with Crippen molar-refractivity contribution in [1.82, 2.24) is 0 Å². The minimum atomic E-state index is -0.247. The summed E-state index contributed by atoms with van der Waals surface area (Å²) in [5.74, 6) is 1.15. The van der Waals surface area contributed by atoms with E-state index in [9.17, 15) is 4.39 Å². The quantitative estimate of drug-likeness (QED) is 0.635. The first-order chi connectivity index (χ1) is 12.2. The van der Waals surface area contributed by atoms with Crippen LogP contribution in [-0.4, -0.2) is 26.9 Å². The Morgan fingerprint density at radius 1 is 1.00 bits per heavy atom. The van der Waals surface area contributed by atoms with Gasteiger partial charge in [0.1, 0.15) is 19.0 Å². The van der Waals surface area contributed by atoms with Crippen molar-refractivity contribution in [2.24, 2.45) is 0 Å². The predicted molar refractivity (Wildman–Crippen MR) is 95.3 cm³/mol. The second-order valence-corrected chi connectivity index (χ2v) is 5.73. The number of rotatable bonds is 11. The molecule has 0 aromatic heterocycles. The van der Waals surface area contributed by atoms with Crippen molar-refractivity contribution >= 4 is 0 Å². The molecular formula is C20H27FNO3+. The van der Waals surface area contributed by atoms with Crippen molar-refractivity contribution < 1.29 is 23.9 Å². The monoisotopic (exact) mass is 348 g/mol. The summed E-state index contributed by atoms with van der Waals surface area (Å²) in [4.78, 5) is 0. The van der Waals surface area contributed by atoms with Crippen molar-refractivity contribution in [3.8, 4) is 11.5 Å². The van der Waals surface area contributed by atoms with Gasteiger partial charge in [-0.25, -0.2) is 4.39 Å². The summed E-state index contributed by atoms with van der Waals surface area (Å²) in [6, 6.07) is 12.3. The van der Waals surface area contributed by atoms with Crippen LogP contribution in [0.2, 0.25) is 0 Å². The van der Waals surface area contributed by atoms with Gasteiger partial charge in [-0.2, -0.15) is 0 Å². The maximum absolute atomic E-state index is 12.9. The predicted octanol–water partition coefficient (Wildman–Crippen LogP) is 2.90. The van der Waals surface area contributed by atoms with Crippen LogP contribution in [0.15, 0.2) is 42.5 Å². The molecule has 0 saturated carbocycles. The fourth-order valence-electron chi connectivity index (χ4n) is 2.44. The normalized spacial score (nSPS) is 10.7. The summed E-state index contributed by atoms with van der Waals surface area (Å²) in [5, 5.41) is 2.26. The van der Waals surface area contributed by atoms with Gasteiger partial charge in [0, 0.05) is 18.6 Å². The molecule has 136 valence electrons. The van der Waals surface area contributed by atoms with Gasteiger partial charge in [0.05, 0.1) is 20.3 Å². The van der Waals surface area contributed by atoms with Gasteiger partial charge in [-0.05, 0) is 42.8 Å². The van der Waals surface area contributed by atoms with E-state index in [0.29, 0.717) is 18.1 Å². The molecule has 2 aromatic carbocycles. The van der Waals surface area contributed by atoms with Gasteiger partial charge < -0.3 is 19.5 Å². The Bertz CT molecular complexity index is 631. The van der Waals surface area contributed by atoms with E-state index >= 15 is 0 Å². The number of quaternary nitrogens is 1. The molecule has 0 saturated heterocycles. The highest BCUT2D eigenvalue weighted by molar-refractivity contribution is 5.42. The molecule has 2 rings (SSSR count). The van der Waals surface area contributed by atoms with E-state index in [4.69, 9.17) is 14.2 Å². The van der Waals surface area contributed by atoms with Gasteiger partial charge in [-0.3, -0.25) is 0 Å². The number of hydrogen-bond donors (Lipinski definition) is 1. The molecule has 0 heterocycles. The number of nitrogens with two attached hydrogens (primary N) is 1. The van der Waals surface area contributed by atoms with Crippen LogP contribution >= 0.6 is 0 Å². The summed E-state index contributed by atoms with van der Waals surface area (Å²) in [7, 11) is 1.63. The van der Waals surface area contributed by atoms with Gasteiger partial charge in [0.25, 0.3) is 0 Å². The average Bonchev–Trinajstić information content (AvgIpc) is 2.64. The van der Waals surface area contributed by atoms with Crippen molar-refractivity contribution in [1.29, 1.82) is 0 Å². The molecule has 0 aliphatic rings. The van der Waals surface area contributed by atoms with E-state index in [2.05, 4.69) is 5.32 Å². The molecule has 2 aromatic rings. The number of halogens is 1. The van der Waals surface area contributed by atoms with E-state index in [-0.39, 0.29) is 5.82 Å². The van der Waals surface area contributed by atoms with Crippen LogP contribution in [-0.2, 0) is 17.9 Å². The summed E-state index contributed by atoms with van der Waals surface area (Å²) in [6.07, 6.45) is 1.05. The molecule has 0 atom stereocenters. The summed E-state index contributed by atoms with van der Waals surface area (Å²) in [6.45, 7) is 5.89. The molecule has 25 heavy (non-hydrogen) atoms. The Morgan fingerprint density at radius 3 is 2.48 bits per heavy atom. The lowest BCUT2D eigenvalue weighted by atomic mass is 10.2. The highest BCUT2D eigenvalue weighted by Gasteiger charge is 2.07. The highest BCUT2D eigenvalue weighted by atomic mass is 19.1. The van der Waals surface area contributed by atoms with Crippen molar-refractivity contribution in [2.45, 2.75) is 26.5 Å². The Labute approximate surface area is 148 Å². The molecule has 0 aliphatic carbocycles. The molecular weight excluding hydrogens is 321 g/mol. The minimum Gasteiger partial charge on any atom is -0.493 e. The first kappa shape index (κ1) is 19.2. The summed E-state index contributed by atoms with van der Waals surface area (Å²) in [5.41, 5.74) is 2.09. The molecule has 0 bridgehead atoms. The van der Waals surface area contributed by atoms with Crippen LogP contribution in [0.3, 0.4) is 0 Å². The zero-order chi connectivity index (χ0) is 17.9. The molecule has 0 radical (unpaired) electrons. The topological polar surface area (TPSA) is 44.3 Å². The van der Waals surface area contributed by atoms with Gasteiger partial charge in [-0.1, -0.05) is 12.1 Å². The first-order valence-electron chi connectivity index (χ1n) is 8.66. The number of hydrogen-bond acceptors (Lipinski definition) is 3. The molecule has 0 unspecified atom stereocenters. The van der Waals surface area contributed by atoms with Crippen LogP contribution in [0.25, 0.3) is 0 Å². The van der Waals surface area contributed by atoms with E-state index < -0.39 is 0 Å². The minimum absolute atomic E-state index is 0.247. The third kappa shape index (κ3) is 6.72. The van der Waals surface area contributed by atoms with Gasteiger partial charge in [0.15, 0.2) is 11.5 Å². The Kier molecular flexibility index (Phi) is 8.22. The van der Waals surface area contributed by atoms with E-state index in [1.54, 1.807) is 19.2 Å². The van der Waals surface area contributed by atoms with Crippen LogP contribution < -0.4 is 14.8 Å². The smallest absolute Gasteiger partial charge is 0.161 e. The lowest BCUT2D eigenvalue weighted by Crippen LogP contribution is -2.82. The SMILES string of the molecule is CCOCCC[NH2+]Cc1ccc(OCc2ccc(F)cc2)c(OC)c1. The number of benzene rings is 2. The molecule has 5 heteroatoms. The molecule has 4 nitrogen and oxygen atoms in total. The maximum Gasteiger partial charge on any atom is 0.161 e. The Balaban J connectivity index is 1.84. The van der Waals surface area contributed by atoms with E-state index in [1.807, 2.05) is 25.1 Å². The molecule has 2 N–H and O–H groups in total. The van der Waals surface area contributed by atoms with Crippen molar-refractivity contribution in [2.75, 3.05) is 26.9 Å². The standard InChI is InChI=1S/C20H26FNO3/c1-3-24-12-4-11-22-14-17-7-10-19(20(13-17)23-2)25-15-16-5-8-18(21)9-6-16/h5-10,13,22H,3-4,11-12,14-15H2,1-2H3/p+1. The molecule has 0 spiro atoms. The second kappa shape index (κ2) is 10.7. The average molecular weight is 348 g/mol. The van der Waals surface area contributed by atoms with Crippen LogP contribution in [0.4, 0.5) is 4.39 Å². The molecule has 0 fully saturated rings. The van der Waals surface area contributed by atoms with Gasteiger partial charge in [0.2, 0.25) is 0 Å². The fraction of sp³-hybridized carbons (Fsp3) is 0.400. The van der Waals surface area contributed by atoms with E-state index in [1.165, 1.54) is 17.7 Å². The summed E-state index contributed by atoms with van der Waals surface area (Å²) >= 11 is 0. The zero-order valence-electron chi connectivity index (χ0n) is 15.0. The van der Waals surface area contributed by atoms with Crippen LogP contribution in [0.5, 0.6) is 11.5 Å². The Morgan fingerprint density at radius 2 is 1.76 bits per heavy atom. The number of methoxy groups -OCH3 is 1. The maximum atomic E-state index is 12.9. The lowest BCUT2D eigenvalue weighted by molar-refractivity contribution is -0.671. The Hall–Kier alpha value is -2.11. The molecule has 0 amide bonds. The second-order valence-electron chi connectivity index (χ2n) is 5.73. The van der Waals surface area contributed by atoms with Gasteiger partial charge in [-0.15, -0.1) is 0 Å². The fourth-order valence-corrected chi connectivity index (χ4v) is 2.44. The zero-order valence-corrected chi connectivity index (χ0v) is 15.0. The van der Waals surface area contributed by atoms with Crippen molar-refractivity contribution in [3.05, 3.63) is 59.4 Å². The number of ether oxygens (including phenoxy) is 3. The van der Waals surface area contributed by atoms with Crippen molar-refractivity contribution in [3.63, 3.8) is 0 Å². The highest BCUT2D eigenvalue weighted by Crippen LogP contribution is 2.28. The third-order valence-electron chi connectivity index (χ3n) is 3.82. The van der Waals surface area contributed by atoms with Gasteiger partial charge >= 0.3 is 0 Å². The third-order valence-corrected chi connectivity index (χ3v) is 3.82. The van der Waals surface area contributed by atoms with Crippen LogP contribution in [0.1, 0.15) is 24.5 Å². The first-order valence-corrected chi connectivity index (χ1v) is 8.66. The largest absolute Gasteiger partial charge is 0.493 e. The van der Waals surface area contributed by atoms with E-state index in [0.717, 1.165) is 38.3 Å². The van der Waals surface area contributed by atoms with Crippen LogP contribution in [0, 0.1) is 5.82 Å². The summed E-state index contributed by atoms with van der Waals surface area (Å²) < 4.78 is 29.5.